The summed E-state index contributed by atoms with van der Waals surface area (Å²) in [5.74, 6) is -0.381. The highest BCUT2D eigenvalue weighted by molar-refractivity contribution is 5.92. The highest BCUT2D eigenvalue weighted by Gasteiger charge is 1.98. The van der Waals surface area contributed by atoms with Crippen molar-refractivity contribution in [2.75, 3.05) is 0 Å². The van der Waals surface area contributed by atoms with E-state index in [9.17, 15) is 4.79 Å². The fourth-order valence-corrected chi connectivity index (χ4v) is 0.873. The molecule has 2 nitrogen and oxygen atoms in total. The Balaban J connectivity index is 3.01. The summed E-state index contributed by atoms with van der Waals surface area (Å²) in [7, 11) is 0. The number of primary amides is 1. The van der Waals surface area contributed by atoms with Gasteiger partial charge in [0.2, 0.25) is 5.91 Å². The molecule has 11 heavy (non-hydrogen) atoms. The molecular formula is C9H10NO. The number of carbonyl (C=O) groups excluding carboxylic acids is 1. The molecule has 57 valence electrons. The summed E-state index contributed by atoms with van der Waals surface area (Å²) in [5.41, 5.74) is 6.66. The molecule has 0 aliphatic rings. The van der Waals surface area contributed by atoms with E-state index in [1.807, 2.05) is 6.92 Å². The van der Waals surface area contributed by atoms with E-state index in [-0.39, 0.29) is 5.91 Å². The van der Waals surface area contributed by atoms with Gasteiger partial charge in [-0.1, -0.05) is 13.0 Å². The van der Waals surface area contributed by atoms with E-state index in [1.54, 1.807) is 18.2 Å². The molecule has 1 aromatic rings. The molecule has 0 fully saturated rings. The third-order valence-electron chi connectivity index (χ3n) is 1.53. The van der Waals surface area contributed by atoms with Crippen molar-refractivity contribution in [3.8, 4) is 0 Å². The van der Waals surface area contributed by atoms with Gasteiger partial charge in [0.1, 0.15) is 0 Å². The molecule has 0 atom stereocenters. The van der Waals surface area contributed by atoms with Gasteiger partial charge in [-0.25, -0.2) is 0 Å². The molecule has 1 aromatic carbocycles. The molecule has 0 aliphatic heterocycles. The minimum Gasteiger partial charge on any atom is -0.366 e. The van der Waals surface area contributed by atoms with Gasteiger partial charge >= 0.3 is 0 Å². The average molecular weight is 148 g/mol. The fourth-order valence-electron chi connectivity index (χ4n) is 0.873. The monoisotopic (exact) mass is 148 g/mol. The minimum absolute atomic E-state index is 0.381. The summed E-state index contributed by atoms with van der Waals surface area (Å²) in [6.07, 6.45) is 0.876. The van der Waals surface area contributed by atoms with Crippen LogP contribution in [0.15, 0.2) is 18.2 Å². The lowest BCUT2D eigenvalue weighted by Crippen LogP contribution is -2.10. The number of benzene rings is 1. The molecule has 0 heterocycles. The standard InChI is InChI=1S/C9H10NO/c1-2-7-4-3-5-8(6-7)9(10)11/h3,5-6H,2H2,1H3,(H2,10,11). The Bertz CT molecular complexity index is 268. The molecule has 0 saturated heterocycles. The van der Waals surface area contributed by atoms with Crippen LogP contribution >= 0.6 is 0 Å². The van der Waals surface area contributed by atoms with Crippen LogP contribution in [0.1, 0.15) is 22.8 Å². The molecule has 2 N–H and O–H groups in total. The van der Waals surface area contributed by atoms with E-state index >= 15 is 0 Å². The minimum atomic E-state index is -0.381. The first-order valence-electron chi connectivity index (χ1n) is 3.54. The Kier molecular flexibility index (Phi) is 2.26. The van der Waals surface area contributed by atoms with E-state index in [2.05, 4.69) is 6.07 Å². The van der Waals surface area contributed by atoms with Crippen LogP contribution in [0.2, 0.25) is 0 Å². The second-order valence-corrected chi connectivity index (χ2v) is 2.32. The van der Waals surface area contributed by atoms with Gasteiger partial charge in [-0.05, 0) is 30.2 Å². The second-order valence-electron chi connectivity index (χ2n) is 2.32. The maximum absolute atomic E-state index is 10.7. The highest BCUT2D eigenvalue weighted by Crippen LogP contribution is 2.03. The van der Waals surface area contributed by atoms with E-state index in [0.717, 1.165) is 12.0 Å². The summed E-state index contributed by atoms with van der Waals surface area (Å²) in [5, 5.41) is 0. The molecular weight excluding hydrogens is 138 g/mol. The van der Waals surface area contributed by atoms with Crippen LogP contribution in [0.5, 0.6) is 0 Å². The van der Waals surface area contributed by atoms with Crippen molar-refractivity contribution in [1.29, 1.82) is 0 Å². The van der Waals surface area contributed by atoms with Crippen molar-refractivity contribution in [3.63, 3.8) is 0 Å². The fraction of sp³-hybridized carbons (Fsp3) is 0.222. The molecule has 0 bridgehead atoms. The van der Waals surface area contributed by atoms with Crippen molar-refractivity contribution in [3.05, 3.63) is 35.4 Å². The molecule has 1 radical (unpaired) electrons. The number of amides is 1. The topological polar surface area (TPSA) is 43.1 Å². The van der Waals surface area contributed by atoms with Crippen molar-refractivity contribution < 1.29 is 4.79 Å². The number of nitrogens with two attached hydrogens (primary N) is 1. The number of aryl methyl sites for hydroxylation is 1. The Morgan fingerprint density at radius 1 is 1.73 bits per heavy atom. The first-order chi connectivity index (χ1) is 5.24. The third-order valence-corrected chi connectivity index (χ3v) is 1.53. The summed E-state index contributed by atoms with van der Waals surface area (Å²) >= 11 is 0. The lowest BCUT2D eigenvalue weighted by atomic mass is 10.1. The Morgan fingerprint density at radius 2 is 2.45 bits per heavy atom. The zero-order valence-corrected chi connectivity index (χ0v) is 6.42. The normalized spacial score (nSPS) is 9.55. The molecule has 0 unspecified atom stereocenters. The van der Waals surface area contributed by atoms with Crippen molar-refractivity contribution in [2.24, 2.45) is 5.73 Å². The maximum atomic E-state index is 10.7. The summed E-state index contributed by atoms with van der Waals surface area (Å²) < 4.78 is 0. The van der Waals surface area contributed by atoms with Crippen molar-refractivity contribution in [1.82, 2.24) is 0 Å². The van der Waals surface area contributed by atoms with Gasteiger partial charge in [0.15, 0.2) is 0 Å². The molecule has 2 heteroatoms. The molecule has 0 aliphatic carbocycles. The van der Waals surface area contributed by atoms with E-state index in [0.29, 0.717) is 5.56 Å². The van der Waals surface area contributed by atoms with Gasteiger partial charge in [0, 0.05) is 5.56 Å². The van der Waals surface area contributed by atoms with Gasteiger partial charge in [0.05, 0.1) is 0 Å². The van der Waals surface area contributed by atoms with Crippen LogP contribution in [0.4, 0.5) is 0 Å². The van der Waals surface area contributed by atoms with Crippen LogP contribution in [-0.4, -0.2) is 5.91 Å². The molecule has 0 spiro atoms. The zero-order valence-electron chi connectivity index (χ0n) is 6.42. The second kappa shape index (κ2) is 3.19. The van der Waals surface area contributed by atoms with Crippen molar-refractivity contribution >= 4 is 5.91 Å². The number of rotatable bonds is 2. The van der Waals surface area contributed by atoms with Crippen molar-refractivity contribution in [2.45, 2.75) is 13.3 Å². The largest absolute Gasteiger partial charge is 0.366 e. The predicted octanol–water partition coefficient (Wildman–Crippen LogP) is 1.15. The average Bonchev–Trinajstić information content (AvgIpc) is 2.05. The summed E-state index contributed by atoms with van der Waals surface area (Å²) in [4.78, 5) is 10.7. The van der Waals surface area contributed by atoms with Crippen LogP contribution in [0, 0.1) is 6.07 Å². The first-order valence-corrected chi connectivity index (χ1v) is 3.54. The molecule has 0 saturated carbocycles. The SMILES string of the molecule is CCc1[c]ccc(C(N)=O)c1. The maximum Gasteiger partial charge on any atom is 0.248 e. The first kappa shape index (κ1) is 7.79. The highest BCUT2D eigenvalue weighted by atomic mass is 16.1. The molecule has 0 aromatic heterocycles. The number of carbonyl (C=O) groups is 1. The van der Waals surface area contributed by atoms with Gasteiger partial charge in [-0.15, -0.1) is 0 Å². The Morgan fingerprint density at radius 3 is 3.00 bits per heavy atom. The third kappa shape index (κ3) is 1.80. The lowest BCUT2D eigenvalue weighted by Gasteiger charge is -1.97. The summed E-state index contributed by atoms with van der Waals surface area (Å²) in [6.45, 7) is 2.01. The number of hydrogen-bond donors (Lipinski definition) is 1. The van der Waals surface area contributed by atoms with E-state index in [1.165, 1.54) is 0 Å². The molecule has 1 rings (SSSR count). The summed E-state index contributed by atoms with van der Waals surface area (Å²) in [6, 6.07) is 8.16. The zero-order chi connectivity index (χ0) is 8.27. The van der Waals surface area contributed by atoms with Gasteiger partial charge in [0.25, 0.3) is 0 Å². The quantitative estimate of drug-likeness (QED) is 0.671. The van der Waals surface area contributed by atoms with Crippen LogP contribution in [0.3, 0.4) is 0 Å². The smallest absolute Gasteiger partial charge is 0.248 e. The van der Waals surface area contributed by atoms with Gasteiger partial charge in [-0.2, -0.15) is 0 Å². The van der Waals surface area contributed by atoms with Gasteiger partial charge < -0.3 is 5.73 Å². The Labute approximate surface area is 66.0 Å². The van der Waals surface area contributed by atoms with Crippen LogP contribution in [0.25, 0.3) is 0 Å². The lowest BCUT2D eigenvalue weighted by molar-refractivity contribution is 0.1000. The molecule has 1 amide bonds. The predicted molar refractivity (Wildman–Crippen MR) is 43.2 cm³/mol. The Hall–Kier alpha value is -1.31. The van der Waals surface area contributed by atoms with Gasteiger partial charge in [-0.3, -0.25) is 4.79 Å². The van der Waals surface area contributed by atoms with Crippen LogP contribution in [-0.2, 0) is 6.42 Å². The van der Waals surface area contributed by atoms with E-state index < -0.39 is 0 Å². The number of hydrogen-bond acceptors (Lipinski definition) is 1. The van der Waals surface area contributed by atoms with E-state index in [4.69, 9.17) is 5.73 Å². The van der Waals surface area contributed by atoms with Crippen LogP contribution < -0.4 is 5.73 Å².